The van der Waals surface area contributed by atoms with Crippen LogP contribution >= 0.6 is 0 Å². The predicted octanol–water partition coefficient (Wildman–Crippen LogP) is 2.24. The van der Waals surface area contributed by atoms with Crippen molar-refractivity contribution in [1.29, 1.82) is 0 Å². The van der Waals surface area contributed by atoms with E-state index in [0.717, 1.165) is 18.2 Å². The number of non-ortho nitro benzene ring substituents is 1. The largest absolute Gasteiger partial charge is 0.478 e. The summed E-state index contributed by atoms with van der Waals surface area (Å²) in [7, 11) is 0. The Kier molecular flexibility index (Phi) is 5.29. The second kappa shape index (κ2) is 7.11. The van der Waals surface area contributed by atoms with Crippen molar-refractivity contribution in [2.75, 3.05) is 6.54 Å². The molecule has 1 aromatic rings. The Morgan fingerprint density at radius 3 is 2.38 bits per heavy atom. The first-order chi connectivity index (χ1) is 12.0. The number of carboxylic acid groups (broad SMARTS) is 1. The predicted molar refractivity (Wildman–Crippen MR) is 90.0 cm³/mol. The number of rotatable bonds is 4. The van der Waals surface area contributed by atoms with Gasteiger partial charge >= 0.3 is 11.9 Å². The molecule has 26 heavy (non-hydrogen) atoms. The molecule has 0 saturated carbocycles. The molecule has 140 valence electrons. The number of nitrogens with zero attached hydrogens (tertiary/aromatic N) is 2. The number of hydrogen-bond acceptors (Lipinski definition) is 6. The maximum atomic E-state index is 12.8. The summed E-state index contributed by atoms with van der Waals surface area (Å²) in [5.41, 5.74) is -1.72. The summed E-state index contributed by atoms with van der Waals surface area (Å²) in [6.45, 7) is 5.43. The van der Waals surface area contributed by atoms with E-state index in [1.807, 2.05) is 0 Å². The molecule has 9 heteroatoms. The molecule has 0 spiro atoms. The summed E-state index contributed by atoms with van der Waals surface area (Å²) >= 11 is 0. The number of carboxylic acids is 1. The molecule has 1 aromatic carbocycles. The first-order valence-corrected chi connectivity index (χ1v) is 8.06. The summed E-state index contributed by atoms with van der Waals surface area (Å²) in [6, 6.07) is 2.17. The van der Waals surface area contributed by atoms with E-state index in [0.29, 0.717) is 12.8 Å². The fraction of sp³-hybridized carbons (Fsp3) is 0.471. The maximum absolute atomic E-state index is 12.8. The van der Waals surface area contributed by atoms with Crippen molar-refractivity contribution in [3.05, 3.63) is 39.4 Å². The van der Waals surface area contributed by atoms with Gasteiger partial charge < -0.3 is 14.7 Å². The topological polar surface area (TPSA) is 127 Å². The van der Waals surface area contributed by atoms with Gasteiger partial charge in [0.1, 0.15) is 11.6 Å². The van der Waals surface area contributed by atoms with Gasteiger partial charge in [-0.2, -0.15) is 0 Å². The number of carbonyl (C=O) groups excluding carboxylic acids is 2. The lowest BCUT2D eigenvalue weighted by atomic mass is 10.1. The molecule has 2 rings (SSSR count). The number of nitro groups is 1. The molecule has 1 fully saturated rings. The molecule has 1 atom stereocenters. The highest BCUT2D eigenvalue weighted by Crippen LogP contribution is 2.25. The molecule has 1 N–H and O–H groups in total. The highest BCUT2D eigenvalue weighted by Gasteiger charge is 2.37. The smallest absolute Gasteiger partial charge is 0.335 e. The van der Waals surface area contributed by atoms with Crippen molar-refractivity contribution in [3.8, 4) is 0 Å². The minimum Gasteiger partial charge on any atom is -0.478 e. The second-order valence-electron chi connectivity index (χ2n) is 7.02. The van der Waals surface area contributed by atoms with Gasteiger partial charge in [-0.3, -0.25) is 14.9 Å². The lowest BCUT2D eigenvalue weighted by molar-refractivity contribution is -0.384. The Balaban J connectivity index is 2.33. The summed E-state index contributed by atoms with van der Waals surface area (Å²) in [5, 5.41) is 20.1. The number of aromatic carboxylic acids is 1. The van der Waals surface area contributed by atoms with Gasteiger partial charge in [0.25, 0.3) is 11.6 Å². The van der Waals surface area contributed by atoms with E-state index in [9.17, 15) is 24.5 Å². The van der Waals surface area contributed by atoms with E-state index in [2.05, 4.69) is 0 Å². The number of carbonyl (C=O) groups is 3. The van der Waals surface area contributed by atoms with E-state index in [1.54, 1.807) is 20.8 Å². The third-order valence-electron chi connectivity index (χ3n) is 3.82. The molecule has 0 aromatic heterocycles. The van der Waals surface area contributed by atoms with Crippen molar-refractivity contribution >= 4 is 23.5 Å². The van der Waals surface area contributed by atoms with Gasteiger partial charge in [-0.1, -0.05) is 0 Å². The average molecular weight is 364 g/mol. The summed E-state index contributed by atoms with van der Waals surface area (Å²) in [4.78, 5) is 47.8. The average Bonchev–Trinajstić information content (AvgIpc) is 3.01. The molecular weight excluding hydrogens is 344 g/mol. The third-order valence-corrected chi connectivity index (χ3v) is 3.82. The molecule has 9 nitrogen and oxygen atoms in total. The summed E-state index contributed by atoms with van der Waals surface area (Å²) in [5.74, 6) is -2.57. The first kappa shape index (κ1) is 19.4. The van der Waals surface area contributed by atoms with Crippen molar-refractivity contribution in [2.45, 2.75) is 45.3 Å². The number of amides is 1. The summed E-state index contributed by atoms with van der Waals surface area (Å²) < 4.78 is 5.33. The first-order valence-electron chi connectivity index (χ1n) is 8.06. The molecule has 0 radical (unpaired) electrons. The van der Waals surface area contributed by atoms with Crippen LogP contribution in [0.1, 0.15) is 54.3 Å². The molecule has 1 amide bonds. The fourth-order valence-corrected chi connectivity index (χ4v) is 2.75. The van der Waals surface area contributed by atoms with Crippen molar-refractivity contribution < 1.29 is 29.2 Å². The van der Waals surface area contributed by atoms with Crippen LogP contribution in [0.5, 0.6) is 0 Å². The lowest BCUT2D eigenvalue weighted by Gasteiger charge is -2.27. The van der Waals surface area contributed by atoms with Crippen LogP contribution in [0.15, 0.2) is 18.2 Å². The van der Waals surface area contributed by atoms with Crippen LogP contribution in [0.25, 0.3) is 0 Å². The lowest BCUT2D eigenvalue weighted by Crippen LogP contribution is -2.43. The SMILES string of the molecule is CC(C)(C)OC(=O)[C@@H]1CCCN1C(=O)c1cc(C(=O)O)cc([N+](=O)[O-])c1. The summed E-state index contributed by atoms with van der Waals surface area (Å²) in [6.07, 6.45) is 0.998. The molecule has 0 unspecified atom stereocenters. The second-order valence-corrected chi connectivity index (χ2v) is 7.02. The molecule has 0 bridgehead atoms. The van der Waals surface area contributed by atoms with Crippen LogP contribution < -0.4 is 0 Å². The fourth-order valence-electron chi connectivity index (χ4n) is 2.75. The minimum absolute atomic E-state index is 0.146. The van der Waals surface area contributed by atoms with E-state index in [-0.39, 0.29) is 17.7 Å². The van der Waals surface area contributed by atoms with Crippen molar-refractivity contribution in [3.63, 3.8) is 0 Å². The highest BCUT2D eigenvalue weighted by atomic mass is 16.6. The quantitative estimate of drug-likeness (QED) is 0.493. The molecule has 1 aliphatic rings. The molecule has 1 heterocycles. The highest BCUT2D eigenvalue weighted by molar-refractivity contribution is 6.00. The van der Waals surface area contributed by atoms with Crippen LogP contribution in [0.2, 0.25) is 0 Å². The van der Waals surface area contributed by atoms with E-state index < -0.39 is 40.1 Å². The zero-order chi connectivity index (χ0) is 19.6. The minimum atomic E-state index is -1.38. The van der Waals surface area contributed by atoms with Gasteiger partial charge in [0.05, 0.1) is 10.5 Å². The van der Waals surface area contributed by atoms with E-state index in [4.69, 9.17) is 9.84 Å². The Morgan fingerprint density at radius 2 is 1.85 bits per heavy atom. The zero-order valence-corrected chi connectivity index (χ0v) is 14.7. The van der Waals surface area contributed by atoms with Crippen LogP contribution in [0.4, 0.5) is 5.69 Å². The van der Waals surface area contributed by atoms with Crippen LogP contribution in [0.3, 0.4) is 0 Å². The molecule has 1 aliphatic heterocycles. The monoisotopic (exact) mass is 364 g/mol. The van der Waals surface area contributed by atoms with Crippen LogP contribution in [0, 0.1) is 10.1 Å². The number of hydrogen-bond donors (Lipinski definition) is 1. The molecular formula is C17H20N2O7. The Hall–Kier alpha value is -2.97. The van der Waals surface area contributed by atoms with Gasteiger partial charge in [-0.15, -0.1) is 0 Å². The van der Waals surface area contributed by atoms with Gasteiger partial charge in [-0.25, -0.2) is 9.59 Å². The number of nitro benzene ring substituents is 1. The Bertz CT molecular complexity index is 735. The van der Waals surface area contributed by atoms with Crippen LogP contribution in [-0.4, -0.2) is 51.0 Å². The van der Waals surface area contributed by atoms with Crippen molar-refractivity contribution in [2.24, 2.45) is 0 Å². The number of esters is 1. The zero-order valence-electron chi connectivity index (χ0n) is 14.7. The number of likely N-dealkylation sites (tertiary alicyclic amines) is 1. The Morgan fingerprint density at radius 1 is 1.23 bits per heavy atom. The number of benzene rings is 1. The van der Waals surface area contributed by atoms with Gasteiger partial charge in [-0.05, 0) is 39.7 Å². The van der Waals surface area contributed by atoms with Crippen LogP contribution in [-0.2, 0) is 9.53 Å². The van der Waals surface area contributed by atoms with Gasteiger partial charge in [0.2, 0.25) is 0 Å². The molecule has 1 saturated heterocycles. The number of ether oxygens (including phenoxy) is 1. The van der Waals surface area contributed by atoms with E-state index in [1.165, 1.54) is 4.90 Å². The Labute approximate surface area is 149 Å². The van der Waals surface area contributed by atoms with Gasteiger partial charge in [0, 0.05) is 24.2 Å². The normalized spacial score (nSPS) is 17.0. The van der Waals surface area contributed by atoms with Gasteiger partial charge in [0.15, 0.2) is 0 Å². The standard InChI is InChI=1S/C17H20N2O7/c1-17(2,3)26-16(23)13-5-4-6-18(13)14(20)10-7-11(15(21)22)9-12(8-10)19(24)25/h7-9,13H,4-6H2,1-3H3,(H,21,22)/t13-/m0/s1. The molecule has 0 aliphatic carbocycles. The van der Waals surface area contributed by atoms with E-state index >= 15 is 0 Å². The third kappa shape index (κ3) is 4.35. The van der Waals surface area contributed by atoms with Crippen molar-refractivity contribution in [1.82, 2.24) is 4.90 Å². The maximum Gasteiger partial charge on any atom is 0.335 e.